The largest absolute Gasteiger partial charge is 0.309 e. The Balaban J connectivity index is 1.37. The number of para-hydroxylation sites is 2. The topological polar surface area (TPSA) is 22.2 Å². The lowest BCUT2D eigenvalue weighted by Crippen LogP contribution is -1.96. The minimum absolute atomic E-state index is 0.936. The second kappa shape index (κ2) is 10.5. The summed E-state index contributed by atoms with van der Waals surface area (Å²) in [5.41, 5.74) is 11.4. The van der Waals surface area contributed by atoms with E-state index in [4.69, 9.17) is 4.98 Å². The average molecular weight is 612 g/mol. The van der Waals surface area contributed by atoms with Gasteiger partial charge in [0.2, 0.25) is 0 Å². The van der Waals surface area contributed by atoms with Crippen LogP contribution in [-0.2, 0) is 0 Å². The summed E-state index contributed by atoms with van der Waals surface area (Å²) in [6.45, 7) is 0. The monoisotopic (exact) mass is 611 g/mol. The molecule has 7 aromatic carbocycles. The predicted molar refractivity (Wildman–Crippen MR) is 201 cm³/mol. The van der Waals surface area contributed by atoms with Crippen LogP contribution in [0.3, 0.4) is 0 Å². The standard InChI is InChI=1S/C45H29N3/c1-4-14-30(15-5-1)31-24-26-33(27-25-31)45-46-43(32-16-6-2-7-17-32)44-36-21-11-10-20-35(36)41-40(48(44)45)29-28-39-42(41)37-22-12-13-23-38(37)47(39)34-18-8-3-9-19-34/h1-29H. The van der Waals surface area contributed by atoms with Crippen LogP contribution < -0.4 is 0 Å². The lowest BCUT2D eigenvalue weighted by atomic mass is 9.98. The van der Waals surface area contributed by atoms with Crippen molar-refractivity contribution >= 4 is 49.0 Å². The van der Waals surface area contributed by atoms with E-state index in [1.54, 1.807) is 0 Å². The van der Waals surface area contributed by atoms with E-state index in [9.17, 15) is 0 Å². The molecule has 0 N–H and O–H groups in total. The van der Waals surface area contributed by atoms with E-state index in [0.717, 1.165) is 39.4 Å². The van der Waals surface area contributed by atoms with Gasteiger partial charge >= 0.3 is 0 Å². The van der Waals surface area contributed by atoms with Crippen molar-refractivity contribution in [3.8, 4) is 39.5 Å². The Bertz CT molecular complexity index is 2790. The molecule has 0 atom stereocenters. The predicted octanol–water partition coefficient (Wildman–Crippen LogP) is 11.7. The number of fused-ring (bicyclic) bond motifs is 10. The minimum Gasteiger partial charge on any atom is -0.309 e. The average Bonchev–Trinajstić information content (AvgIpc) is 3.73. The molecule has 0 unspecified atom stereocenters. The van der Waals surface area contributed by atoms with Crippen molar-refractivity contribution in [2.45, 2.75) is 0 Å². The first-order chi connectivity index (χ1) is 23.8. The van der Waals surface area contributed by atoms with Gasteiger partial charge in [0.15, 0.2) is 0 Å². The van der Waals surface area contributed by atoms with Crippen LogP contribution in [0.25, 0.3) is 88.5 Å². The summed E-state index contributed by atoms with van der Waals surface area (Å²) in [7, 11) is 0. The van der Waals surface area contributed by atoms with Crippen molar-refractivity contribution in [3.05, 3.63) is 176 Å². The fraction of sp³-hybridized carbons (Fsp3) is 0. The molecule has 0 spiro atoms. The van der Waals surface area contributed by atoms with Crippen LogP contribution in [0, 0.1) is 0 Å². The van der Waals surface area contributed by atoms with Gasteiger partial charge in [0.1, 0.15) is 5.82 Å². The molecule has 3 heterocycles. The quantitative estimate of drug-likeness (QED) is 0.182. The Morgan fingerprint density at radius 3 is 1.60 bits per heavy atom. The van der Waals surface area contributed by atoms with Gasteiger partial charge < -0.3 is 4.57 Å². The molecule has 0 saturated carbocycles. The van der Waals surface area contributed by atoms with Crippen LogP contribution in [0.15, 0.2) is 176 Å². The molecule has 0 aliphatic rings. The lowest BCUT2D eigenvalue weighted by molar-refractivity contribution is 1.18. The number of benzene rings is 7. The number of imidazole rings is 1. The van der Waals surface area contributed by atoms with E-state index in [-0.39, 0.29) is 0 Å². The minimum atomic E-state index is 0.936. The fourth-order valence-corrected chi connectivity index (χ4v) is 7.61. The third-order valence-corrected chi connectivity index (χ3v) is 9.70. The Morgan fingerprint density at radius 2 is 0.875 bits per heavy atom. The molecular weight excluding hydrogens is 583 g/mol. The summed E-state index contributed by atoms with van der Waals surface area (Å²) in [6, 6.07) is 62.9. The van der Waals surface area contributed by atoms with Gasteiger partial charge in [0, 0.05) is 38.4 Å². The Morgan fingerprint density at radius 1 is 0.354 bits per heavy atom. The molecule has 0 saturated heterocycles. The number of pyridine rings is 1. The third-order valence-electron chi connectivity index (χ3n) is 9.70. The molecule has 3 aromatic heterocycles. The van der Waals surface area contributed by atoms with E-state index in [1.807, 2.05) is 0 Å². The number of aromatic nitrogens is 3. The zero-order chi connectivity index (χ0) is 31.6. The smallest absolute Gasteiger partial charge is 0.145 e. The van der Waals surface area contributed by atoms with Crippen LogP contribution in [0.5, 0.6) is 0 Å². The maximum Gasteiger partial charge on any atom is 0.145 e. The highest BCUT2D eigenvalue weighted by molar-refractivity contribution is 6.30. The van der Waals surface area contributed by atoms with E-state index >= 15 is 0 Å². The van der Waals surface area contributed by atoms with E-state index in [2.05, 4.69) is 185 Å². The van der Waals surface area contributed by atoms with Gasteiger partial charge in [0.25, 0.3) is 0 Å². The summed E-state index contributed by atoms with van der Waals surface area (Å²) >= 11 is 0. The second-order valence-corrected chi connectivity index (χ2v) is 12.4. The molecule has 0 aliphatic carbocycles. The summed E-state index contributed by atoms with van der Waals surface area (Å²) in [4.78, 5) is 5.49. The SMILES string of the molecule is c1ccc(-c2ccc(-c3nc(-c4ccccc4)c4c5ccccc5c5c6c7ccccc7n(-c7ccccc7)c6ccc5n34)cc2)cc1. The van der Waals surface area contributed by atoms with Crippen molar-refractivity contribution in [2.24, 2.45) is 0 Å². The maximum atomic E-state index is 5.49. The van der Waals surface area contributed by atoms with Gasteiger partial charge in [-0.25, -0.2) is 4.98 Å². The van der Waals surface area contributed by atoms with Gasteiger partial charge in [-0.2, -0.15) is 0 Å². The van der Waals surface area contributed by atoms with E-state index in [0.29, 0.717) is 0 Å². The Kier molecular flexibility index (Phi) is 5.87. The van der Waals surface area contributed by atoms with Crippen LogP contribution in [0.2, 0.25) is 0 Å². The van der Waals surface area contributed by atoms with E-state index < -0.39 is 0 Å². The molecule has 48 heavy (non-hydrogen) atoms. The first-order valence-corrected chi connectivity index (χ1v) is 16.4. The molecular formula is C45H29N3. The van der Waals surface area contributed by atoms with Gasteiger partial charge in [0.05, 0.1) is 27.8 Å². The number of hydrogen-bond donors (Lipinski definition) is 0. The van der Waals surface area contributed by atoms with Crippen molar-refractivity contribution < 1.29 is 0 Å². The number of nitrogens with zero attached hydrogens (tertiary/aromatic N) is 3. The summed E-state index contributed by atoms with van der Waals surface area (Å²) < 4.78 is 4.81. The highest BCUT2D eigenvalue weighted by Gasteiger charge is 2.23. The summed E-state index contributed by atoms with van der Waals surface area (Å²) in [5.74, 6) is 0.936. The van der Waals surface area contributed by atoms with E-state index in [1.165, 1.54) is 49.1 Å². The van der Waals surface area contributed by atoms with Gasteiger partial charge in [-0.15, -0.1) is 0 Å². The molecule has 3 heteroatoms. The summed E-state index contributed by atoms with van der Waals surface area (Å²) in [6.07, 6.45) is 0. The van der Waals surface area contributed by atoms with Crippen LogP contribution in [0.1, 0.15) is 0 Å². The molecule has 0 radical (unpaired) electrons. The fourth-order valence-electron chi connectivity index (χ4n) is 7.61. The summed E-state index contributed by atoms with van der Waals surface area (Å²) in [5, 5.41) is 6.15. The maximum absolute atomic E-state index is 5.49. The zero-order valence-corrected chi connectivity index (χ0v) is 26.1. The van der Waals surface area contributed by atoms with Gasteiger partial charge in [-0.3, -0.25) is 4.40 Å². The molecule has 0 bridgehead atoms. The van der Waals surface area contributed by atoms with Crippen molar-refractivity contribution in [1.29, 1.82) is 0 Å². The zero-order valence-electron chi connectivity index (χ0n) is 26.1. The van der Waals surface area contributed by atoms with Gasteiger partial charge in [-0.05, 0) is 46.8 Å². The van der Waals surface area contributed by atoms with Crippen LogP contribution in [-0.4, -0.2) is 14.0 Å². The Hall–Kier alpha value is -6.45. The molecule has 10 aromatic rings. The molecule has 224 valence electrons. The van der Waals surface area contributed by atoms with Gasteiger partial charge in [-0.1, -0.05) is 146 Å². The molecule has 0 amide bonds. The molecule has 0 aliphatic heterocycles. The highest BCUT2D eigenvalue weighted by Crippen LogP contribution is 2.44. The second-order valence-electron chi connectivity index (χ2n) is 12.4. The first-order valence-electron chi connectivity index (χ1n) is 16.4. The number of hydrogen-bond acceptors (Lipinski definition) is 1. The van der Waals surface area contributed by atoms with Crippen LogP contribution in [0.4, 0.5) is 0 Å². The lowest BCUT2D eigenvalue weighted by Gasteiger charge is -2.14. The van der Waals surface area contributed by atoms with Crippen molar-refractivity contribution in [1.82, 2.24) is 14.0 Å². The Labute approximate surface area is 277 Å². The number of rotatable bonds is 4. The molecule has 10 rings (SSSR count). The van der Waals surface area contributed by atoms with Crippen molar-refractivity contribution in [3.63, 3.8) is 0 Å². The normalized spacial score (nSPS) is 11.8. The highest BCUT2D eigenvalue weighted by atomic mass is 15.0. The third kappa shape index (κ3) is 3.91. The molecule has 3 nitrogen and oxygen atoms in total. The molecule has 0 fully saturated rings. The van der Waals surface area contributed by atoms with Crippen LogP contribution >= 0.6 is 0 Å². The first kappa shape index (κ1) is 26.7. The van der Waals surface area contributed by atoms with Crippen molar-refractivity contribution in [2.75, 3.05) is 0 Å².